The van der Waals surface area contributed by atoms with Crippen LogP contribution < -0.4 is 5.73 Å². The van der Waals surface area contributed by atoms with E-state index in [9.17, 15) is 13.2 Å². The fourth-order valence-electron chi connectivity index (χ4n) is 1.64. The third kappa shape index (κ3) is 3.30. The summed E-state index contributed by atoms with van der Waals surface area (Å²) in [4.78, 5) is 0.759. The first-order valence-electron chi connectivity index (χ1n) is 5.65. The van der Waals surface area contributed by atoms with Crippen LogP contribution in [-0.4, -0.2) is 0 Å². The van der Waals surface area contributed by atoms with Crippen molar-refractivity contribution in [3.8, 4) is 0 Å². The predicted molar refractivity (Wildman–Crippen MR) is 69.5 cm³/mol. The van der Waals surface area contributed by atoms with Gasteiger partial charge >= 0.3 is 0 Å². The lowest BCUT2D eigenvalue weighted by Crippen LogP contribution is -2.06. The summed E-state index contributed by atoms with van der Waals surface area (Å²) < 4.78 is 39.9. The molecule has 19 heavy (non-hydrogen) atoms. The molecule has 1 atom stereocenters. The maximum Gasteiger partial charge on any atom is 0.137 e. The molecule has 1 nitrogen and oxygen atoms in total. The highest BCUT2D eigenvalue weighted by molar-refractivity contribution is 7.99. The van der Waals surface area contributed by atoms with E-state index < -0.39 is 23.5 Å². The maximum absolute atomic E-state index is 13.6. The summed E-state index contributed by atoms with van der Waals surface area (Å²) in [5, 5.41) is 0. The van der Waals surface area contributed by atoms with Crippen molar-refractivity contribution in [2.24, 2.45) is 5.73 Å². The Morgan fingerprint density at radius 3 is 2.26 bits per heavy atom. The van der Waals surface area contributed by atoms with Crippen LogP contribution in [0.15, 0.2) is 46.2 Å². The molecule has 0 fully saturated rings. The Morgan fingerprint density at radius 2 is 1.58 bits per heavy atom. The quantitative estimate of drug-likeness (QED) is 0.910. The van der Waals surface area contributed by atoms with Gasteiger partial charge in [0.15, 0.2) is 0 Å². The minimum absolute atomic E-state index is 0.147. The number of nitrogens with two attached hydrogens (primary N) is 1. The molecule has 0 aromatic heterocycles. The Labute approximate surface area is 113 Å². The van der Waals surface area contributed by atoms with E-state index in [1.807, 2.05) is 0 Å². The van der Waals surface area contributed by atoms with Crippen LogP contribution in [0.25, 0.3) is 0 Å². The number of benzene rings is 2. The van der Waals surface area contributed by atoms with Crippen LogP contribution >= 0.6 is 11.8 Å². The minimum atomic E-state index is -0.522. The van der Waals surface area contributed by atoms with Crippen molar-refractivity contribution in [2.75, 3.05) is 0 Å². The molecule has 0 aliphatic carbocycles. The lowest BCUT2D eigenvalue weighted by molar-refractivity contribution is 0.577. The van der Waals surface area contributed by atoms with Gasteiger partial charge in [0.1, 0.15) is 17.5 Å². The topological polar surface area (TPSA) is 26.0 Å². The zero-order valence-corrected chi connectivity index (χ0v) is 11.0. The molecular formula is C14H12F3NS. The molecule has 0 amide bonds. The molecule has 2 rings (SSSR count). The number of hydrogen-bond donors (Lipinski definition) is 1. The second kappa shape index (κ2) is 5.67. The Kier molecular flexibility index (Phi) is 4.17. The van der Waals surface area contributed by atoms with Gasteiger partial charge in [-0.05, 0) is 48.9 Å². The average molecular weight is 283 g/mol. The van der Waals surface area contributed by atoms with Crippen molar-refractivity contribution in [3.05, 3.63) is 59.4 Å². The van der Waals surface area contributed by atoms with Crippen molar-refractivity contribution in [3.63, 3.8) is 0 Å². The molecule has 0 heterocycles. The van der Waals surface area contributed by atoms with Gasteiger partial charge in [0, 0.05) is 10.9 Å². The van der Waals surface area contributed by atoms with Crippen molar-refractivity contribution < 1.29 is 13.2 Å². The molecule has 0 aliphatic heterocycles. The van der Waals surface area contributed by atoms with E-state index in [0.717, 1.165) is 30.0 Å². The third-order valence-corrected chi connectivity index (χ3v) is 3.70. The molecule has 2 aromatic rings. The standard InChI is InChI=1S/C14H12F3NS/c1-8(18)11-6-9(15)3-5-13(11)19-14-7-10(16)2-4-12(14)17/h2-8H,18H2,1H3. The Hall–Kier alpha value is -1.46. The molecule has 0 bridgehead atoms. The zero-order valence-electron chi connectivity index (χ0n) is 10.2. The molecule has 1 unspecified atom stereocenters. The maximum atomic E-state index is 13.6. The first kappa shape index (κ1) is 14.0. The average Bonchev–Trinajstić information content (AvgIpc) is 2.35. The van der Waals surface area contributed by atoms with Crippen LogP contribution in [0, 0.1) is 17.5 Å². The largest absolute Gasteiger partial charge is 0.324 e. The summed E-state index contributed by atoms with van der Waals surface area (Å²) in [6.45, 7) is 1.71. The lowest BCUT2D eigenvalue weighted by Gasteiger charge is -2.12. The SMILES string of the molecule is CC(N)c1cc(F)ccc1Sc1cc(F)ccc1F. The van der Waals surface area contributed by atoms with Gasteiger partial charge in [-0.15, -0.1) is 0 Å². The molecule has 0 saturated heterocycles. The first-order chi connectivity index (χ1) is 8.97. The van der Waals surface area contributed by atoms with E-state index in [0.29, 0.717) is 10.5 Å². The molecule has 0 spiro atoms. The van der Waals surface area contributed by atoms with E-state index >= 15 is 0 Å². The summed E-state index contributed by atoms with van der Waals surface area (Å²) >= 11 is 1.03. The zero-order chi connectivity index (χ0) is 14.0. The molecule has 2 N–H and O–H groups in total. The summed E-state index contributed by atoms with van der Waals surface area (Å²) in [6.07, 6.45) is 0. The minimum Gasteiger partial charge on any atom is -0.324 e. The fraction of sp³-hybridized carbons (Fsp3) is 0.143. The molecule has 0 saturated carbocycles. The fourth-order valence-corrected chi connectivity index (χ4v) is 2.71. The summed E-state index contributed by atoms with van der Waals surface area (Å²) in [5.74, 6) is -1.45. The molecule has 100 valence electrons. The van der Waals surface area contributed by atoms with Crippen LogP contribution in [0.5, 0.6) is 0 Å². The van der Waals surface area contributed by atoms with Crippen LogP contribution in [0.2, 0.25) is 0 Å². The van der Waals surface area contributed by atoms with Crippen molar-refractivity contribution in [2.45, 2.75) is 22.8 Å². The summed E-state index contributed by atoms with van der Waals surface area (Å²) in [6, 6.07) is 6.92. The predicted octanol–water partition coefficient (Wildman–Crippen LogP) is 4.27. The molecule has 5 heteroatoms. The highest BCUT2D eigenvalue weighted by Gasteiger charge is 2.12. The van der Waals surface area contributed by atoms with Gasteiger partial charge in [-0.1, -0.05) is 11.8 Å². The third-order valence-electron chi connectivity index (χ3n) is 2.58. The Morgan fingerprint density at radius 1 is 0.947 bits per heavy atom. The second-order valence-electron chi connectivity index (χ2n) is 4.15. The Balaban J connectivity index is 2.40. The van der Waals surface area contributed by atoms with Crippen molar-refractivity contribution in [1.29, 1.82) is 0 Å². The van der Waals surface area contributed by atoms with Gasteiger partial charge in [-0.2, -0.15) is 0 Å². The van der Waals surface area contributed by atoms with Gasteiger partial charge in [0.2, 0.25) is 0 Å². The molecule has 0 radical (unpaired) electrons. The van der Waals surface area contributed by atoms with Gasteiger partial charge in [-0.3, -0.25) is 0 Å². The lowest BCUT2D eigenvalue weighted by atomic mass is 10.1. The number of rotatable bonds is 3. The second-order valence-corrected chi connectivity index (χ2v) is 5.23. The van der Waals surface area contributed by atoms with Gasteiger partial charge < -0.3 is 5.73 Å². The smallest absolute Gasteiger partial charge is 0.137 e. The van der Waals surface area contributed by atoms with E-state index in [2.05, 4.69) is 0 Å². The molecular weight excluding hydrogens is 271 g/mol. The summed E-state index contributed by atoms with van der Waals surface area (Å²) in [5.41, 5.74) is 6.32. The highest BCUT2D eigenvalue weighted by atomic mass is 32.2. The van der Waals surface area contributed by atoms with Gasteiger partial charge in [-0.25, -0.2) is 13.2 Å². The van der Waals surface area contributed by atoms with Crippen LogP contribution in [0.1, 0.15) is 18.5 Å². The van der Waals surface area contributed by atoms with Crippen LogP contribution in [-0.2, 0) is 0 Å². The number of hydrogen-bond acceptors (Lipinski definition) is 2. The number of halogens is 3. The highest BCUT2D eigenvalue weighted by Crippen LogP contribution is 2.34. The Bertz CT molecular complexity index is 599. The molecule has 2 aromatic carbocycles. The molecule has 0 aliphatic rings. The van der Waals surface area contributed by atoms with E-state index in [4.69, 9.17) is 5.73 Å². The normalized spacial score (nSPS) is 12.5. The van der Waals surface area contributed by atoms with Crippen LogP contribution in [0.4, 0.5) is 13.2 Å². The van der Waals surface area contributed by atoms with Crippen molar-refractivity contribution in [1.82, 2.24) is 0 Å². The van der Waals surface area contributed by atoms with E-state index in [-0.39, 0.29) is 4.90 Å². The van der Waals surface area contributed by atoms with Gasteiger partial charge in [0.25, 0.3) is 0 Å². The van der Waals surface area contributed by atoms with Crippen molar-refractivity contribution >= 4 is 11.8 Å². The van der Waals surface area contributed by atoms with Gasteiger partial charge in [0.05, 0.1) is 4.90 Å². The first-order valence-corrected chi connectivity index (χ1v) is 6.47. The van der Waals surface area contributed by atoms with E-state index in [1.165, 1.54) is 18.2 Å². The van der Waals surface area contributed by atoms with Crippen LogP contribution in [0.3, 0.4) is 0 Å². The summed E-state index contributed by atoms with van der Waals surface area (Å²) in [7, 11) is 0. The monoisotopic (exact) mass is 283 g/mol. The van der Waals surface area contributed by atoms with E-state index in [1.54, 1.807) is 6.92 Å².